The van der Waals surface area contributed by atoms with E-state index >= 15 is 0 Å². The van der Waals surface area contributed by atoms with Crippen LogP contribution in [0, 0.1) is 5.41 Å². The number of aliphatic hydroxyl groups is 1. The standard InChI is InChI=1S/C17H23NO3/c1-2-16(21)18-14-5-3-4-13(10-14)11-17(12-19)8-6-15(20)7-9-17/h3-5,10,19H,2,6-9,11-12H2,1H3,(H,18,21). The highest BCUT2D eigenvalue weighted by Gasteiger charge is 2.34. The molecule has 4 nitrogen and oxygen atoms in total. The summed E-state index contributed by atoms with van der Waals surface area (Å²) in [5.74, 6) is 0.287. The normalized spacial score (nSPS) is 17.5. The molecular weight excluding hydrogens is 266 g/mol. The first-order chi connectivity index (χ1) is 10.1. The Balaban J connectivity index is 2.09. The Bertz CT molecular complexity index is 515. The first-order valence-corrected chi connectivity index (χ1v) is 7.58. The Morgan fingerprint density at radius 2 is 2.05 bits per heavy atom. The van der Waals surface area contributed by atoms with Gasteiger partial charge in [-0.25, -0.2) is 0 Å². The summed E-state index contributed by atoms with van der Waals surface area (Å²) in [6, 6.07) is 7.75. The SMILES string of the molecule is CCC(=O)Nc1cccc(CC2(CO)CCC(=O)CC2)c1. The number of ketones is 1. The molecule has 2 rings (SSSR count). The van der Waals surface area contributed by atoms with Crippen LogP contribution in [0.3, 0.4) is 0 Å². The van der Waals surface area contributed by atoms with E-state index < -0.39 is 0 Å². The smallest absolute Gasteiger partial charge is 0.224 e. The van der Waals surface area contributed by atoms with Crippen LogP contribution in [0.2, 0.25) is 0 Å². The zero-order valence-corrected chi connectivity index (χ0v) is 12.5. The van der Waals surface area contributed by atoms with E-state index in [1.165, 1.54) is 0 Å². The maximum atomic E-state index is 11.4. The van der Waals surface area contributed by atoms with Crippen LogP contribution in [0.1, 0.15) is 44.6 Å². The third-order valence-electron chi connectivity index (χ3n) is 4.31. The van der Waals surface area contributed by atoms with Gasteiger partial charge in [0.05, 0.1) is 0 Å². The summed E-state index contributed by atoms with van der Waals surface area (Å²) in [5.41, 5.74) is 1.69. The van der Waals surface area contributed by atoms with Crippen molar-refractivity contribution in [3.05, 3.63) is 29.8 Å². The van der Waals surface area contributed by atoms with Crippen molar-refractivity contribution in [2.75, 3.05) is 11.9 Å². The van der Waals surface area contributed by atoms with Crippen LogP contribution in [0.4, 0.5) is 5.69 Å². The first-order valence-electron chi connectivity index (χ1n) is 7.58. The van der Waals surface area contributed by atoms with E-state index in [1.54, 1.807) is 0 Å². The predicted octanol–water partition coefficient (Wildman–Crippen LogP) is 2.70. The molecule has 4 heteroatoms. The number of amides is 1. The Morgan fingerprint density at radius 1 is 1.33 bits per heavy atom. The molecule has 0 saturated heterocycles. The summed E-state index contributed by atoms with van der Waals surface area (Å²) < 4.78 is 0. The highest BCUT2D eigenvalue weighted by atomic mass is 16.3. The largest absolute Gasteiger partial charge is 0.396 e. The van der Waals surface area contributed by atoms with E-state index in [9.17, 15) is 14.7 Å². The van der Waals surface area contributed by atoms with Gasteiger partial charge in [-0.1, -0.05) is 19.1 Å². The van der Waals surface area contributed by atoms with Gasteiger partial charge in [-0.05, 0) is 42.4 Å². The second-order valence-corrected chi connectivity index (χ2v) is 5.98. The van der Waals surface area contributed by atoms with Crippen molar-refractivity contribution in [2.45, 2.75) is 45.4 Å². The molecule has 114 valence electrons. The van der Waals surface area contributed by atoms with E-state index in [0.717, 1.165) is 30.5 Å². The number of nitrogens with one attached hydrogen (secondary N) is 1. The van der Waals surface area contributed by atoms with Gasteiger partial charge in [-0.15, -0.1) is 0 Å². The summed E-state index contributed by atoms with van der Waals surface area (Å²) in [6.07, 6.45) is 3.81. The van der Waals surface area contributed by atoms with Crippen molar-refractivity contribution in [1.29, 1.82) is 0 Å². The molecule has 0 bridgehead atoms. The second kappa shape index (κ2) is 6.85. The number of carbonyl (C=O) groups is 2. The minimum atomic E-state index is -0.193. The topological polar surface area (TPSA) is 66.4 Å². The van der Waals surface area contributed by atoms with E-state index in [2.05, 4.69) is 5.32 Å². The summed E-state index contributed by atoms with van der Waals surface area (Å²) in [4.78, 5) is 22.8. The van der Waals surface area contributed by atoms with Crippen molar-refractivity contribution in [3.63, 3.8) is 0 Å². The van der Waals surface area contributed by atoms with Crippen LogP contribution in [0.15, 0.2) is 24.3 Å². The zero-order chi connectivity index (χ0) is 15.3. The van der Waals surface area contributed by atoms with Gasteiger partial charge in [0.2, 0.25) is 5.91 Å². The van der Waals surface area contributed by atoms with Crippen LogP contribution >= 0.6 is 0 Å². The lowest BCUT2D eigenvalue weighted by Crippen LogP contribution is -2.33. The number of carbonyl (C=O) groups excluding carboxylic acids is 2. The van der Waals surface area contributed by atoms with Gasteiger partial charge in [-0.3, -0.25) is 9.59 Å². The molecule has 1 aliphatic carbocycles. The van der Waals surface area contributed by atoms with Crippen molar-refractivity contribution in [2.24, 2.45) is 5.41 Å². The minimum absolute atomic E-state index is 0.00714. The molecule has 0 unspecified atom stereocenters. The third kappa shape index (κ3) is 4.14. The summed E-state index contributed by atoms with van der Waals surface area (Å²) in [5, 5.41) is 12.6. The van der Waals surface area contributed by atoms with Gasteiger partial charge >= 0.3 is 0 Å². The first kappa shape index (κ1) is 15.7. The fourth-order valence-corrected chi connectivity index (χ4v) is 2.89. The van der Waals surface area contributed by atoms with Crippen LogP contribution in [0.5, 0.6) is 0 Å². The maximum absolute atomic E-state index is 11.4. The highest BCUT2D eigenvalue weighted by molar-refractivity contribution is 5.90. The molecule has 1 fully saturated rings. The van der Waals surface area contributed by atoms with Crippen molar-refractivity contribution < 1.29 is 14.7 Å². The third-order valence-corrected chi connectivity index (χ3v) is 4.31. The molecule has 0 heterocycles. The number of hydrogen-bond donors (Lipinski definition) is 2. The molecular formula is C17H23NO3. The van der Waals surface area contributed by atoms with E-state index in [-0.39, 0.29) is 17.9 Å². The molecule has 0 spiro atoms. The lowest BCUT2D eigenvalue weighted by Gasteiger charge is -2.35. The van der Waals surface area contributed by atoms with Crippen molar-refractivity contribution >= 4 is 17.4 Å². The molecule has 1 aliphatic rings. The summed E-state index contributed by atoms with van der Waals surface area (Å²) >= 11 is 0. The predicted molar refractivity (Wildman–Crippen MR) is 82.1 cm³/mol. The molecule has 21 heavy (non-hydrogen) atoms. The molecule has 0 aliphatic heterocycles. The number of rotatable bonds is 5. The summed E-state index contributed by atoms with van der Waals surface area (Å²) in [6.45, 7) is 1.92. The van der Waals surface area contributed by atoms with Gasteiger partial charge in [0.1, 0.15) is 5.78 Å². The van der Waals surface area contributed by atoms with Crippen LogP contribution in [-0.4, -0.2) is 23.4 Å². The molecule has 1 aromatic rings. The van der Waals surface area contributed by atoms with Gasteiger partial charge < -0.3 is 10.4 Å². The Kier molecular flexibility index (Phi) is 5.12. The number of aliphatic hydroxyl groups excluding tert-OH is 1. The Hall–Kier alpha value is -1.68. The molecule has 0 atom stereocenters. The van der Waals surface area contributed by atoms with Gasteiger partial charge in [0, 0.05) is 31.6 Å². The highest BCUT2D eigenvalue weighted by Crippen LogP contribution is 2.37. The number of anilines is 1. The summed E-state index contributed by atoms with van der Waals surface area (Å²) in [7, 11) is 0. The Labute approximate surface area is 125 Å². The van der Waals surface area contributed by atoms with Crippen LogP contribution in [0.25, 0.3) is 0 Å². The van der Waals surface area contributed by atoms with Crippen molar-refractivity contribution in [3.8, 4) is 0 Å². The molecule has 1 aromatic carbocycles. The Morgan fingerprint density at radius 3 is 2.67 bits per heavy atom. The average molecular weight is 289 g/mol. The minimum Gasteiger partial charge on any atom is -0.396 e. The molecule has 0 radical (unpaired) electrons. The van der Waals surface area contributed by atoms with E-state index in [1.807, 2.05) is 31.2 Å². The number of benzene rings is 1. The monoisotopic (exact) mass is 289 g/mol. The van der Waals surface area contributed by atoms with Crippen LogP contribution in [-0.2, 0) is 16.0 Å². The number of hydrogen-bond acceptors (Lipinski definition) is 3. The van der Waals surface area contributed by atoms with Gasteiger partial charge in [-0.2, -0.15) is 0 Å². The molecule has 0 aromatic heterocycles. The number of Topliss-reactive ketones (excluding diaryl/α,β-unsaturated/α-hetero) is 1. The van der Waals surface area contributed by atoms with E-state index in [4.69, 9.17) is 0 Å². The molecule has 1 saturated carbocycles. The average Bonchev–Trinajstić information content (AvgIpc) is 2.50. The lowest BCUT2D eigenvalue weighted by atomic mass is 9.70. The van der Waals surface area contributed by atoms with E-state index in [0.29, 0.717) is 25.0 Å². The quantitative estimate of drug-likeness (QED) is 0.876. The molecule has 2 N–H and O–H groups in total. The fourth-order valence-electron chi connectivity index (χ4n) is 2.89. The zero-order valence-electron chi connectivity index (χ0n) is 12.5. The van der Waals surface area contributed by atoms with Gasteiger partial charge in [0.25, 0.3) is 0 Å². The van der Waals surface area contributed by atoms with Crippen LogP contribution < -0.4 is 5.32 Å². The molecule has 1 amide bonds. The van der Waals surface area contributed by atoms with Crippen molar-refractivity contribution in [1.82, 2.24) is 0 Å². The second-order valence-electron chi connectivity index (χ2n) is 5.98. The maximum Gasteiger partial charge on any atom is 0.224 e. The fraction of sp³-hybridized carbons (Fsp3) is 0.529. The van der Waals surface area contributed by atoms with Gasteiger partial charge in [0.15, 0.2) is 0 Å². The lowest BCUT2D eigenvalue weighted by molar-refractivity contribution is -0.123.